The molecule has 1 aromatic rings. The number of rotatable bonds is 4. The van der Waals surface area contributed by atoms with Crippen molar-refractivity contribution in [3.8, 4) is 0 Å². The molecule has 0 fully saturated rings. The van der Waals surface area contributed by atoms with Crippen LogP contribution in [-0.4, -0.2) is 12.0 Å². The van der Waals surface area contributed by atoms with Crippen molar-refractivity contribution >= 4 is 17.3 Å². The Labute approximate surface area is 85.3 Å². The van der Waals surface area contributed by atoms with Gasteiger partial charge in [-0.3, -0.25) is 10.1 Å². The number of benzene rings is 1. The first kappa shape index (κ1) is 10.9. The lowest BCUT2D eigenvalue weighted by molar-refractivity contribution is -0.384. The van der Waals surface area contributed by atoms with Crippen molar-refractivity contribution < 1.29 is 14.7 Å². The van der Waals surface area contributed by atoms with E-state index >= 15 is 0 Å². The molecular weight excluding hydrogens is 210 g/mol. The number of halogens is 1. The Hall–Kier alpha value is -1.17. The lowest BCUT2D eigenvalue weighted by atomic mass is 10.2. The molecule has 0 bridgehead atoms. The standard InChI is InChI=1S/C8H8ClNO4/c1-13-14-5-6-2-3-7(9)8(4-6)10(11)12/h2-4H,5H2,1H3. The predicted molar refractivity (Wildman–Crippen MR) is 49.9 cm³/mol. The van der Waals surface area contributed by atoms with Crippen LogP contribution >= 0.6 is 11.6 Å². The Morgan fingerprint density at radius 3 is 2.86 bits per heavy atom. The van der Waals surface area contributed by atoms with Crippen molar-refractivity contribution in [3.63, 3.8) is 0 Å². The second-order valence-electron chi connectivity index (χ2n) is 2.47. The summed E-state index contributed by atoms with van der Waals surface area (Å²) in [5.74, 6) is 0. The molecule has 5 nitrogen and oxygen atoms in total. The molecule has 1 aromatic carbocycles. The Morgan fingerprint density at radius 2 is 2.29 bits per heavy atom. The molecule has 0 saturated carbocycles. The van der Waals surface area contributed by atoms with E-state index in [0.29, 0.717) is 5.56 Å². The van der Waals surface area contributed by atoms with Crippen LogP contribution in [-0.2, 0) is 16.4 Å². The summed E-state index contributed by atoms with van der Waals surface area (Å²) in [6.07, 6.45) is 0. The Balaban J connectivity index is 2.89. The lowest BCUT2D eigenvalue weighted by Crippen LogP contribution is -1.94. The van der Waals surface area contributed by atoms with E-state index in [-0.39, 0.29) is 17.3 Å². The molecule has 14 heavy (non-hydrogen) atoms. The zero-order valence-electron chi connectivity index (χ0n) is 7.40. The van der Waals surface area contributed by atoms with Crippen LogP contribution in [0.1, 0.15) is 5.56 Å². The highest BCUT2D eigenvalue weighted by molar-refractivity contribution is 6.32. The minimum Gasteiger partial charge on any atom is -0.258 e. The van der Waals surface area contributed by atoms with Crippen molar-refractivity contribution in [2.75, 3.05) is 7.11 Å². The maximum Gasteiger partial charge on any atom is 0.288 e. The van der Waals surface area contributed by atoms with Gasteiger partial charge in [-0.2, -0.15) is 0 Å². The second-order valence-corrected chi connectivity index (χ2v) is 2.88. The third-order valence-corrected chi connectivity index (χ3v) is 1.87. The van der Waals surface area contributed by atoms with E-state index in [0.717, 1.165) is 0 Å². The van der Waals surface area contributed by atoms with Crippen LogP contribution in [0.2, 0.25) is 5.02 Å². The number of nitrogens with zero attached hydrogens (tertiary/aromatic N) is 1. The zero-order chi connectivity index (χ0) is 10.6. The number of nitro groups is 1. The van der Waals surface area contributed by atoms with Gasteiger partial charge >= 0.3 is 0 Å². The Kier molecular flexibility index (Phi) is 3.82. The molecule has 0 heterocycles. The first-order valence-electron chi connectivity index (χ1n) is 3.73. The summed E-state index contributed by atoms with van der Waals surface area (Å²) in [5.41, 5.74) is 0.492. The van der Waals surface area contributed by atoms with Crippen molar-refractivity contribution in [3.05, 3.63) is 38.9 Å². The third-order valence-electron chi connectivity index (χ3n) is 1.55. The van der Waals surface area contributed by atoms with Crippen LogP contribution in [0.15, 0.2) is 18.2 Å². The van der Waals surface area contributed by atoms with Gasteiger partial charge in [0.25, 0.3) is 5.69 Å². The van der Waals surface area contributed by atoms with E-state index in [1.54, 1.807) is 6.07 Å². The number of hydrogen-bond acceptors (Lipinski definition) is 4. The molecule has 0 aliphatic carbocycles. The summed E-state index contributed by atoms with van der Waals surface area (Å²) < 4.78 is 0. The smallest absolute Gasteiger partial charge is 0.258 e. The number of nitro benzene ring substituents is 1. The molecule has 76 valence electrons. The van der Waals surface area contributed by atoms with Gasteiger partial charge in [-0.1, -0.05) is 17.7 Å². The quantitative estimate of drug-likeness (QED) is 0.441. The van der Waals surface area contributed by atoms with Gasteiger partial charge in [0.05, 0.1) is 12.0 Å². The topological polar surface area (TPSA) is 61.6 Å². The van der Waals surface area contributed by atoms with E-state index in [1.807, 2.05) is 0 Å². The number of hydrogen-bond donors (Lipinski definition) is 0. The molecule has 0 radical (unpaired) electrons. The van der Waals surface area contributed by atoms with Gasteiger partial charge in [0, 0.05) is 6.07 Å². The molecule has 0 amide bonds. The summed E-state index contributed by atoms with van der Waals surface area (Å²) in [4.78, 5) is 19.0. The van der Waals surface area contributed by atoms with Crippen molar-refractivity contribution in [1.82, 2.24) is 0 Å². The fourth-order valence-corrected chi connectivity index (χ4v) is 1.10. The summed E-state index contributed by atoms with van der Waals surface area (Å²) in [6, 6.07) is 4.43. The van der Waals surface area contributed by atoms with Crippen LogP contribution in [0.25, 0.3) is 0 Å². The first-order valence-corrected chi connectivity index (χ1v) is 4.11. The van der Waals surface area contributed by atoms with Crippen LogP contribution in [0.3, 0.4) is 0 Å². The monoisotopic (exact) mass is 217 g/mol. The van der Waals surface area contributed by atoms with Gasteiger partial charge in [-0.05, 0) is 11.6 Å². The van der Waals surface area contributed by atoms with Crippen LogP contribution in [0.4, 0.5) is 5.69 Å². The zero-order valence-corrected chi connectivity index (χ0v) is 8.15. The summed E-state index contributed by atoms with van der Waals surface area (Å²) in [6.45, 7) is 0.147. The maximum atomic E-state index is 10.5. The van der Waals surface area contributed by atoms with Crippen LogP contribution in [0.5, 0.6) is 0 Å². The molecule has 6 heteroatoms. The molecule has 0 saturated heterocycles. The minimum atomic E-state index is -0.543. The van der Waals surface area contributed by atoms with Gasteiger partial charge < -0.3 is 0 Å². The fourth-order valence-electron chi connectivity index (χ4n) is 0.915. The van der Waals surface area contributed by atoms with Crippen molar-refractivity contribution in [1.29, 1.82) is 0 Å². The summed E-state index contributed by atoms with van der Waals surface area (Å²) in [7, 11) is 1.37. The van der Waals surface area contributed by atoms with E-state index < -0.39 is 4.92 Å². The van der Waals surface area contributed by atoms with E-state index in [9.17, 15) is 10.1 Å². The summed E-state index contributed by atoms with van der Waals surface area (Å²) in [5, 5.41) is 10.6. The molecule has 0 aromatic heterocycles. The molecule has 0 aliphatic rings. The highest BCUT2D eigenvalue weighted by Gasteiger charge is 2.12. The largest absolute Gasteiger partial charge is 0.288 e. The fraction of sp³-hybridized carbons (Fsp3) is 0.250. The third kappa shape index (κ3) is 2.66. The minimum absolute atomic E-state index is 0.108. The van der Waals surface area contributed by atoms with Crippen molar-refractivity contribution in [2.24, 2.45) is 0 Å². The van der Waals surface area contributed by atoms with Gasteiger partial charge in [-0.15, -0.1) is 0 Å². The average Bonchev–Trinajstić information content (AvgIpc) is 2.16. The van der Waals surface area contributed by atoms with Crippen LogP contribution < -0.4 is 0 Å². The van der Waals surface area contributed by atoms with Gasteiger partial charge in [0.1, 0.15) is 11.6 Å². The van der Waals surface area contributed by atoms with Crippen molar-refractivity contribution in [2.45, 2.75) is 6.61 Å². The highest BCUT2D eigenvalue weighted by Crippen LogP contribution is 2.25. The average molecular weight is 218 g/mol. The Bertz CT molecular complexity index is 342. The lowest BCUT2D eigenvalue weighted by Gasteiger charge is -2.01. The van der Waals surface area contributed by atoms with Crippen LogP contribution in [0, 0.1) is 10.1 Å². The van der Waals surface area contributed by atoms with Gasteiger partial charge in [0.2, 0.25) is 0 Å². The predicted octanol–water partition coefficient (Wildman–Crippen LogP) is 2.33. The van der Waals surface area contributed by atoms with Gasteiger partial charge in [-0.25, -0.2) is 9.78 Å². The second kappa shape index (κ2) is 4.90. The molecule has 0 atom stereocenters. The first-order chi connectivity index (χ1) is 6.65. The van der Waals surface area contributed by atoms with E-state index in [1.165, 1.54) is 19.2 Å². The highest BCUT2D eigenvalue weighted by atomic mass is 35.5. The van der Waals surface area contributed by atoms with E-state index in [2.05, 4.69) is 9.78 Å². The molecule has 1 rings (SSSR count). The Morgan fingerprint density at radius 1 is 1.57 bits per heavy atom. The summed E-state index contributed by atoms with van der Waals surface area (Å²) >= 11 is 5.61. The normalized spacial score (nSPS) is 10.1. The molecule has 0 spiro atoms. The van der Waals surface area contributed by atoms with E-state index in [4.69, 9.17) is 11.6 Å². The maximum absolute atomic E-state index is 10.5. The molecule has 0 aliphatic heterocycles. The molecular formula is C8H8ClNO4. The SMILES string of the molecule is COOCc1ccc(Cl)c([N+](=O)[O-])c1. The van der Waals surface area contributed by atoms with Gasteiger partial charge in [0.15, 0.2) is 0 Å². The molecule has 0 N–H and O–H groups in total. The molecule has 0 unspecified atom stereocenters.